The van der Waals surface area contributed by atoms with Crippen molar-refractivity contribution in [3.05, 3.63) is 12.4 Å². The Labute approximate surface area is 132 Å². The van der Waals surface area contributed by atoms with E-state index in [1.807, 2.05) is 18.0 Å². The quantitative estimate of drug-likeness (QED) is 0.748. The van der Waals surface area contributed by atoms with E-state index in [1.165, 1.54) is 0 Å². The summed E-state index contributed by atoms with van der Waals surface area (Å²) in [7, 11) is 1.99. The summed E-state index contributed by atoms with van der Waals surface area (Å²) in [5.41, 5.74) is -0.665. The van der Waals surface area contributed by atoms with Gasteiger partial charge < -0.3 is 20.6 Å². The average molecular weight is 324 g/mol. The second-order valence-electron chi connectivity index (χ2n) is 4.78. The van der Waals surface area contributed by atoms with Crippen LogP contribution in [0.25, 0.3) is 0 Å². The van der Waals surface area contributed by atoms with E-state index in [0.29, 0.717) is 13.1 Å². The zero-order chi connectivity index (χ0) is 13.0. The average Bonchev–Trinajstić information content (AvgIpc) is 2.83. The van der Waals surface area contributed by atoms with Crippen LogP contribution >= 0.6 is 24.8 Å². The van der Waals surface area contributed by atoms with Crippen LogP contribution in [0.3, 0.4) is 0 Å². The molecule has 2 rings (SSSR count). The Morgan fingerprint density at radius 3 is 2.80 bits per heavy atom. The smallest absolute Gasteiger partial charge is 0.133 e. The van der Waals surface area contributed by atoms with Gasteiger partial charge in [-0.1, -0.05) is 0 Å². The van der Waals surface area contributed by atoms with Crippen LogP contribution in [0.1, 0.15) is 13.3 Å². The van der Waals surface area contributed by atoms with Gasteiger partial charge in [0.1, 0.15) is 18.0 Å². The van der Waals surface area contributed by atoms with Crippen molar-refractivity contribution in [2.24, 2.45) is 0 Å². The third-order valence-corrected chi connectivity index (χ3v) is 3.34. The maximum absolute atomic E-state index is 10.2. The summed E-state index contributed by atoms with van der Waals surface area (Å²) in [5.74, 6) is 1.63. The summed E-state index contributed by atoms with van der Waals surface area (Å²) >= 11 is 0. The van der Waals surface area contributed by atoms with Crippen molar-refractivity contribution in [1.29, 1.82) is 0 Å². The Hall–Kier alpha value is -0.820. The molecule has 1 aliphatic rings. The Kier molecular flexibility index (Phi) is 8.12. The molecule has 20 heavy (non-hydrogen) atoms. The zero-order valence-corrected chi connectivity index (χ0v) is 13.4. The number of anilines is 2. The molecule has 0 bridgehead atoms. The van der Waals surface area contributed by atoms with Crippen molar-refractivity contribution in [2.45, 2.75) is 18.9 Å². The molecule has 0 saturated carbocycles. The third-order valence-electron chi connectivity index (χ3n) is 3.34. The second kappa shape index (κ2) is 8.46. The highest BCUT2D eigenvalue weighted by Gasteiger charge is 2.30. The van der Waals surface area contributed by atoms with E-state index < -0.39 is 5.60 Å². The molecule has 1 atom stereocenters. The zero-order valence-electron chi connectivity index (χ0n) is 11.8. The van der Waals surface area contributed by atoms with Crippen LogP contribution in [-0.4, -0.2) is 53.9 Å². The van der Waals surface area contributed by atoms with Crippen LogP contribution in [0.5, 0.6) is 0 Å². The summed E-state index contributed by atoms with van der Waals surface area (Å²) in [6.07, 6.45) is 2.31. The van der Waals surface area contributed by atoms with Gasteiger partial charge in [-0.3, -0.25) is 0 Å². The summed E-state index contributed by atoms with van der Waals surface area (Å²) in [6.45, 7) is 4.97. The first-order valence-electron chi connectivity index (χ1n) is 6.33. The number of nitrogens with one attached hydrogen (secondary N) is 2. The first kappa shape index (κ1) is 19.2. The van der Waals surface area contributed by atoms with Crippen LogP contribution in [0.4, 0.5) is 11.6 Å². The molecule has 2 heterocycles. The van der Waals surface area contributed by atoms with Crippen LogP contribution in [-0.2, 0) is 0 Å². The van der Waals surface area contributed by atoms with Gasteiger partial charge in [-0.05, 0) is 19.9 Å². The fraction of sp³-hybridized carbons (Fsp3) is 0.667. The lowest BCUT2D eigenvalue weighted by Crippen LogP contribution is -2.39. The predicted molar refractivity (Wildman–Crippen MR) is 86.4 cm³/mol. The first-order valence-corrected chi connectivity index (χ1v) is 6.33. The number of aliphatic hydroxyl groups is 1. The molecule has 1 aliphatic heterocycles. The van der Waals surface area contributed by atoms with Crippen molar-refractivity contribution in [3.8, 4) is 0 Å². The monoisotopic (exact) mass is 323 g/mol. The number of β-amino-alcohol motifs (C(OH)–C–C–N with tert-alkyl or cyclic N) is 1. The van der Waals surface area contributed by atoms with E-state index >= 15 is 0 Å². The van der Waals surface area contributed by atoms with Crippen LogP contribution < -0.4 is 15.5 Å². The van der Waals surface area contributed by atoms with Crippen molar-refractivity contribution in [2.75, 3.05) is 43.4 Å². The summed E-state index contributed by atoms with van der Waals surface area (Å²) in [4.78, 5) is 10.4. The van der Waals surface area contributed by atoms with Gasteiger partial charge in [0.25, 0.3) is 0 Å². The van der Waals surface area contributed by atoms with Crippen LogP contribution in [0, 0.1) is 0 Å². The summed E-state index contributed by atoms with van der Waals surface area (Å²) < 4.78 is 0. The molecule has 8 heteroatoms. The predicted octanol–water partition coefficient (Wildman–Crippen LogP) is 0.913. The molecule has 0 aromatic carbocycles. The molecule has 0 amide bonds. The summed E-state index contributed by atoms with van der Waals surface area (Å²) in [5, 5.41) is 16.5. The minimum atomic E-state index is -0.665. The number of nitrogens with zero attached hydrogens (tertiary/aromatic N) is 3. The number of aromatic nitrogens is 2. The Morgan fingerprint density at radius 1 is 1.45 bits per heavy atom. The number of halogens is 2. The molecular weight excluding hydrogens is 301 g/mol. The highest BCUT2D eigenvalue weighted by atomic mass is 35.5. The van der Waals surface area contributed by atoms with Crippen molar-refractivity contribution in [3.63, 3.8) is 0 Å². The maximum Gasteiger partial charge on any atom is 0.133 e. The molecule has 116 valence electrons. The highest BCUT2D eigenvalue weighted by Crippen LogP contribution is 2.17. The van der Waals surface area contributed by atoms with Gasteiger partial charge >= 0.3 is 0 Å². The molecule has 1 aromatic heterocycles. The fourth-order valence-corrected chi connectivity index (χ4v) is 1.95. The normalized spacial score (nSPS) is 20.8. The van der Waals surface area contributed by atoms with Crippen molar-refractivity contribution < 1.29 is 5.11 Å². The van der Waals surface area contributed by atoms with E-state index in [0.717, 1.165) is 31.1 Å². The molecule has 0 radical (unpaired) electrons. The SMILES string of the molecule is CCN(C)c1cc(NCC2(O)CCNC2)ncn1.Cl.Cl. The molecule has 1 saturated heterocycles. The van der Waals surface area contributed by atoms with Gasteiger partial charge in [-0.2, -0.15) is 0 Å². The molecular formula is C12H23Cl2N5O. The van der Waals surface area contributed by atoms with Gasteiger partial charge in [0.15, 0.2) is 0 Å². The second-order valence-corrected chi connectivity index (χ2v) is 4.78. The van der Waals surface area contributed by atoms with E-state index in [-0.39, 0.29) is 24.8 Å². The van der Waals surface area contributed by atoms with Crippen LogP contribution in [0.2, 0.25) is 0 Å². The van der Waals surface area contributed by atoms with Gasteiger partial charge in [0, 0.05) is 32.7 Å². The number of rotatable bonds is 5. The standard InChI is InChI=1S/C12H21N5O.2ClH/c1-3-17(2)11-6-10(15-9-16-11)14-8-12(18)4-5-13-7-12;;/h6,9,13,18H,3-5,7-8H2,1-2H3,(H,14,15,16);2*1H. The van der Waals surface area contributed by atoms with E-state index in [4.69, 9.17) is 0 Å². The lowest BCUT2D eigenvalue weighted by Gasteiger charge is -2.22. The lowest BCUT2D eigenvalue weighted by atomic mass is 10.0. The fourth-order valence-electron chi connectivity index (χ4n) is 1.95. The molecule has 0 aliphatic carbocycles. The Bertz CT molecular complexity index is 401. The molecule has 0 spiro atoms. The molecule has 1 fully saturated rings. The Morgan fingerprint density at radius 2 is 2.20 bits per heavy atom. The largest absolute Gasteiger partial charge is 0.387 e. The highest BCUT2D eigenvalue weighted by molar-refractivity contribution is 5.85. The molecule has 1 aromatic rings. The molecule has 6 nitrogen and oxygen atoms in total. The third kappa shape index (κ3) is 4.94. The molecule has 1 unspecified atom stereocenters. The maximum atomic E-state index is 10.2. The van der Waals surface area contributed by atoms with E-state index in [2.05, 4.69) is 27.5 Å². The van der Waals surface area contributed by atoms with Gasteiger partial charge in [0.2, 0.25) is 0 Å². The lowest BCUT2D eigenvalue weighted by molar-refractivity contribution is 0.0751. The molecule has 3 N–H and O–H groups in total. The van der Waals surface area contributed by atoms with Gasteiger partial charge in [-0.25, -0.2) is 9.97 Å². The first-order chi connectivity index (χ1) is 8.63. The number of hydrogen-bond donors (Lipinski definition) is 3. The van der Waals surface area contributed by atoms with E-state index in [1.54, 1.807) is 6.33 Å². The minimum Gasteiger partial charge on any atom is -0.387 e. The van der Waals surface area contributed by atoms with Crippen molar-refractivity contribution in [1.82, 2.24) is 15.3 Å². The minimum absolute atomic E-state index is 0. The van der Waals surface area contributed by atoms with Gasteiger partial charge in [0.05, 0.1) is 5.60 Å². The topological polar surface area (TPSA) is 73.3 Å². The Balaban J connectivity index is 0.00000180. The van der Waals surface area contributed by atoms with Crippen LogP contribution in [0.15, 0.2) is 12.4 Å². The van der Waals surface area contributed by atoms with Gasteiger partial charge in [-0.15, -0.1) is 24.8 Å². The van der Waals surface area contributed by atoms with E-state index in [9.17, 15) is 5.11 Å². The summed E-state index contributed by atoms with van der Waals surface area (Å²) in [6, 6.07) is 1.90. The number of hydrogen-bond acceptors (Lipinski definition) is 6. The van der Waals surface area contributed by atoms with Crippen molar-refractivity contribution >= 4 is 36.4 Å².